The summed E-state index contributed by atoms with van der Waals surface area (Å²) in [6, 6.07) is 16.7. The number of fused-ring (bicyclic) bond motifs is 1. The van der Waals surface area contributed by atoms with Crippen LogP contribution in [0.15, 0.2) is 65.2 Å². The maximum Gasteiger partial charge on any atom is 0.326 e. The van der Waals surface area contributed by atoms with Crippen LogP contribution in [0.3, 0.4) is 0 Å². The number of hydrogen-bond donors (Lipinski definition) is 1. The fourth-order valence-corrected chi connectivity index (χ4v) is 3.36. The first kappa shape index (κ1) is 18.8. The van der Waals surface area contributed by atoms with Gasteiger partial charge in [-0.15, -0.1) is 0 Å². The summed E-state index contributed by atoms with van der Waals surface area (Å²) in [6.07, 6.45) is 2.40. The zero-order chi connectivity index (χ0) is 20.4. The van der Waals surface area contributed by atoms with Gasteiger partial charge in [0, 0.05) is 23.6 Å². The Hall–Kier alpha value is -3.54. The number of aryl methyl sites for hydroxylation is 1. The number of rotatable bonds is 7. The van der Waals surface area contributed by atoms with Gasteiger partial charge in [0.1, 0.15) is 17.6 Å². The Morgan fingerprint density at radius 3 is 2.72 bits per heavy atom. The molecule has 1 N–H and O–H groups in total. The molecule has 4 aromatic rings. The van der Waals surface area contributed by atoms with Gasteiger partial charge in [0.25, 0.3) is 0 Å². The van der Waals surface area contributed by atoms with Crippen molar-refractivity contribution >= 4 is 16.9 Å². The number of ether oxygens (including phenoxy) is 1. The molecule has 6 nitrogen and oxygen atoms in total. The van der Waals surface area contributed by atoms with Crippen LogP contribution in [0.5, 0.6) is 5.75 Å². The lowest BCUT2D eigenvalue weighted by Gasteiger charge is -2.11. The number of nitrogens with zero attached hydrogens (tertiary/aromatic N) is 2. The minimum absolute atomic E-state index is 0.445. The highest BCUT2D eigenvalue weighted by Gasteiger charge is 2.17. The Kier molecular flexibility index (Phi) is 5.08. The highest BCUT2D eigenvalue weighted by Crippen LogP contribution is 2.29. The standard InChI is InChI=1S/C23H22N2O4/c1-15(23(26)27)25-13-11-18-20(25)9-6-10-21(18)28-14-12-19-16(2)29-22(24-19)17-7-4-3-5-8-17/h3-11,13,15H,12,14H2,1-2H3,(H,26,27). The van der Waals surface area contributed by atoms with Crippen molar-refractivity contribution in [3.63, 3.8) is 0 Å². The SMILES string of the molecule is Cc1oc(-c2ccccc2)nc1CCOc1cccc2c1ccn2C(C)C(=O)O. The third-order valence-corrected chi connectivity index (χ3v) is 5.01. The van der Waals surface area contributed by atoms with Crippen molar-refractivity contribution in [2.75, 3.05) is 6.61 Å². The van der Waals surface area contributed by atoms with Crippen LogP contribution in [0, 0.1) is 6.92 Å². The molecule has 0 radical (unpaired) electrons. The van der Waals surface area contributed by atoms with Crippen LogP contribution >= 0.6 is 0 Å². The quantitative estimate of drug-likeness (QED) is 0.487. The summed E-state index contributed by atoms with van der Waals surface area (Å²) in [7, 11) is 0. The third kappa shape index (κ3) is 3.74. The lowest BCUT2D eigenvalue weighted by atomic mass is 10.2. The number of benzene rings is 2. The molecule has 1 atom stereocenters. The van der Waals surface area contributed by atoms with E-state index in [-0.39, 0.29) is 0 Å². The predicted octanol–water partition coefficient (Wildman–Crippen LogP) is 4.87. The Balaban J connectivity index is 1.48. The minimum Gasteiger partial charge on any atom is -0.492 e. The maximum absolute atomic E-state index is 11.3. The zero-order valence-corrected chi connectivity index (χ0v) is 16.3. The number of hydrogen-bond acceptors (Lipinski definition) is 4. The fourth-order valence-electron chi connectivity index (χ4n) is 3.36. The van der Waals surface area contributed by atoms with Crippen molar-refractivity contribution in [3.05, 3.63) is 72.2 Å². The molecular formula is C23H22N2O4. The van der Waals surface area contributed by atoms with Gasteiger partial charge in [0.2, 0.25) is 5.89 Å². The van der Waals surface area contributed by atoms with Gasteiger partial charge in [-0.05, 0) is 44.2 Å². The molecule has 148 valence electrons. The molecule has 0 saturated carbocycles. The molecule has 0 bridgehead atoms. The molecule has 0 spiro atoms. The fraction of sp³-hybridized carbons (Fsp3) is 0.217. The Morgan fingerprint density at radius 1 is 1.17 bits per heavy atom. The lowest BCUT2D eigenvalue weighted by molar-refractivity contribution is -0.140. The van der Waals surface area contributed by atoms with Crippen molar-refractivity contribution in [2.45, 2.75) is 26.3 Å². The van der Waals surface area contributed by atoms with Crippen LogP contribution in [-0.4, -0.2) is 27.2 Å². The number of carboxylic acid groups (broad SMARTS) is 1. The monoisotopic (exact) mass is 390 g/mol. The molecule has 6 heteroatoms. The van der Waals surface area contributed by atoms with Crippen molar-refractivity contribution in [1.29, 1.82) is 0 Å². The first-order valence-corrected chi connectivity index (χ1v) is 9.51. The lowest BCUT2D eigenvalue weighted by Crippen LogP contribution is -2.14. The van der Waals surface area contributed by atoms with E-state index in [9.17, 15) is 9.90 Å². The second-order valence-electron chi connectivity index (χ2n) is 6.91. The zero-order valence-electron chi connectivity index (χ0n) is 16.3. The number of carbonyl (C=O) groups is 1. The second kappa shape index (κ2) is 7.83. The molecular weight excluding hydrogens is 368 g/mol. The van der Waals surface area contributed by atoms with E-state index >= 15 is 0 Å². The third-order valence-electron chi connectivity index (χ3n) is 5.01. The summed E-state index contributed by atoms with van der Waals surface area (Å²) in [4.78, 5) is 15.9. The Bertz CT molecular complexity index is 1140. The molecule has 0 amide bonds. The highest BCUT2D eigenvalue weighted by molar-refractivity contribution is 5.88. The minimum atomic E-state index is -0.871. The number of carboxylic acids is 1. The van der Waals surface area contributed by atoms with E-state index in [2.05, 4.69) is 4.98 Å². The molecule has 4 rings (SSSR count). The van der Waals surface area contributed by atoms with Crippen LogP contribution < -0.4 is 4.74 Å². The second-order valence-corrected chi connectivity index (χ2v) is 6.91. The average Bonchev–Trinajstić information content (AvgIpc) is 3.32. The van der Waals surface area contributed by atoms with E-state index < -0.39 is 12.0 Å². The van der Waals surface area contributed by atoms with E-state index in [1.165, 1.54) is 0 Å². The molecule has 0 saturated heterocycles. The molecule has 0 aliphatic rings. The predicted molar refractivity (Wildman–Crippen MR) is 110 cm³/mol. The summed E-state index contributed by atoms with van der Waals surface area (Å²) >= 11 is 0. The van der Waals surface area contributed by atoms with Crippen LogP contribution in [0.2, 0.25) is 0 Å². The molecule has 2 aromatic carbocycles. The van der Waals surface area contributed by atoms with E-state index in [0.717, 1.165) is 33.7 Å². The van der Waals surface area contributed by atoms with Gasteiger partial charge in [0.15, 0.2) is 0 Å². The molecule has 1 unspecified atom stereocenters. The molecule has 0 aliphatic heterocycles. The largest absolute Gasteiger partial charge is 0.492 e. The molecule has 2 heterocycles. The van der Waals surface area contributed by atoms with Gasteiger partial charge in [0.05, 0.1) is 17.8 Å². The summed E-state index contributed by atoms with van der Waals surface area (Å²) in [5.41, 5.74) is 2.65. The number of aromatic nitrogens is 2. The summed E-state index contributed by atoms with van der Waals surface area (Å²) in [5, 5.41) is 10.2. The van der Waals surface area contributed by atoms with Gasteiger partial charge in [-0.25, -0.2) is 9.78 Å². The maximum atomic E-state index is 11.3. The van der Waals surface area contributed by atoms with Crippen LogP contribution in [-0.2, 0) is 11.2 Å². The van der Waals surface area contributed by atoms with Gasteiger partial charge in [-0.2, -0.15) is 0 Å². The van der Waals surface area contributed by atoms with Gasteiger partial charge < -0.3 is 18.8 Å². The first-order chi connectivity index (χ1) is 14.0. The summed E-state index contributed by atoms with van der Waals surface area (Å²) in [6.45, 7) is 4.01. The van der Waals surface area contributed by atoms with Crippen LogP contribution in [0.1, 0.15) is 24.4 Å². The molecule has 0 fully saturated rings. The van der Waals surface area contributed by atoms with E-state index in [0.29, 0.717) is 18.9 Å². The van der Waals surface area contributed by atoms with Crippen LogP contribution in [0.4, 0.5) is 0 Å². The van der Waals surface area contributed by atoms with E-state index in [4.69, 9.17) is 9.15 Å². The average molecular weight is 390 g/mol. The van der Waals surface area contributed by atoms with Gasteiger partial charge >= 0.3 is 5.97 Å². The van der Waals surface area contributed by atoms with E-state index in [1.54, 1.807) is 17.7 Å². The van der Waals surface area contributed by atoms with Crippen molar-refractivity contribution in [2.24, 2.45) is 0 Å². The van der Waals surface area contributed by atoms with Crippen molar-refractivity contribution in [3.8, 4) is 17.2 Å². The molecule has 0 aliphatic carbocycles. The summed E-state index contributed by atoms with van der Waals surface area (Å²) in [5.74, 6) is 1.25. The van der Waals surface area contributed by atoms with E-state index in [1.807, 2.05) is 61.5 Å². The van der Waals surface area contributed by atoms with Crippen molar-refractivity contribution in [1.82, 2.24) is 9.55 Å². The van der Waals surface area contributed by atoms with Crippen molar-refractivity contribution < 1.29 is 19.1 Å². The van der Waals surface area contributed by atoms with Gasteiger partial charge in [-0.3, -0.25) is 0 Å². The first-order valence-electron chi connectivity index (χ1n) is 9.51. The normalized spacial score (nSPS) is 12.2. The number of oxazole rings is 1. The molecule has 2 aromatic heterocycles. The van der Waals surface area contributed by atoms with Gasteiger partial charge in [-0.1, -0.05) is 24.3 Å². The smallest absolute Gasteiger partial charge is 0.326 e. The highest BCUT2D eigenvalue weighted by atomic mass is 16.5. The topological polar surface area (TPSA) is 77.5 Å². The van der Waals surface area contributed by atoms with Crippen LogP contribution in [0.25, 0.3) is 22.4 Å². The Morgan fingerprint density at radius 2 is 1.97 bits per heavy atom. The molecule has 29 heavy (non-hydrogen) atoms. The Labute approximate surface area is 168 Å². The summed E-state index contributed by atoms with van der Waals surface area (Å²) < 4.78 is 13.5. The number of aliphatic carboxylic acids is 1.